The number of ether oxygens (including phenoxy) is 1. The Hall–Kier alpha value is -1.90. The zero-order valence-corrected chi connectivity index (χ0v) is 17.2. The molecule has 0 aromatic heterocycles. The van der Waals surface area contributed by atoms with E-state index in [1.807, 2.05) is 6.92 Å². The SMILES string of the molecule is CCOCCCNS(=O)(=O)c1cc(C(=O)O)ccc1NCCC1=CCCCC1. The maximum atomic E-state index is 12.7. The molecule has 0 saturated heterocycles. The van der Waals surface area contributed by atoms with Crippen LogP contribution in [-0.2, 0) is 14.8 Å². The van der Waals surface area contributed by atoms with Gasteiger partial charge in [-0.3, -0.25) is 0 Å². The lowest BCUT2D eigenvalue weighted by Gasteiger charge is -2.16. The Kier molecular flexibility index (Phi) is 8.95. The van der Waals surface area contributed by atoms with Crippen LogP contribution in [0.1, 0.15) is 55.8 Å². The maximum Gasteiger partial charge on any atom is 0.335 e. The summed E-state index contributed by atoms with van der Waals surface area (Å²) in [6, 6.07) is 4.14. The molecule has 8 heteroatoms. The number of allylic oxidation sites excluding steroid dienone is 1. The molecule has 2 rings (SSSR count). The van der Waals surface area contributed by atoms with Gasteiger partial charge in [-0.15, -0.1) is 0 Å². The van der Waals surface area contributed by atoms with Gasteiger partial charge >= 0.3 is 5.97 Å². The van der Waals surface area contributed by atoms with E-state index < -0.39 is 16.0 Å². The van der Waals surface area contributed by atoms with Crippen molar-refractivity contribution in [1.82, 2.24) is 4.72 Å². The summed E-state index contributed by atoms with van der Waals surface area (Å²) in [5, 5.41) is 12.4. The Morgan fingerprint density at radius 3 is 2.75 bits per heavy atom. The van der Waals surface area contributed by atoms with Gasteiger partial charge in [-0.1, -0.05) is 11.6 Å². The molecule has 0 atom stereocenters. The van der Waals surface area contributed by atoms with E-state index >= 15 is 0 Å². The fourth-order valence-electron chi connectivity index (χ4n) is 3.12. The van der Waals surface area contributed by atoms with Crippen molar-refractivity contribution in [2.75, 3.05) is 31.6 Å². The van der Waals surface area contributed by atoms with Crippen molar-refractivity contribution in [3.8, 4) is 0 Å². The minimum absolute atomic E-state index is 0.0403. The summed E-state index contributed by atoms with van der Waals surface area (Å²) in [5.41, 5.74) is 1.74. The number of rotatable bonds is 12. The molecule has 0 saturated carbocycles. The summed E-state index contributed by atoms with van der Waals surface area (Å²) in [7, 11) is -3.84. The van der Waals surface area contributed by atoms with Crippen LogP contribution in [0.3, 0.4) is 0 Å². The Labute approximate surface area is 167 Å². The minimum Gasteiger partial charge on any atom is -0.478 e. The first-order valence-corrected chi connectivity index (χ1v) is 11.3. The molecule has 1 aliphatic carbocycles. The highest BCUT2D eigenvalue weighted by Gasteiger charge is 2.20. The number of anilines is 1. The lowest BCUT2D eigenvalue weighted by atomic mass is 9.97. The number of hydrogen-bond donors (Lipinski definition) is 3. The van der Waals surface area contributed by atoms with Gasteiger partial charge in [0.2, 0.25) is 10.0 Å². The van der Waals surface area contributed by atoms with Crippen molar-refractivity contribution < 1.29 is 23.1 Å². The lowest BCUT2D eigenvalue weighted by Crippen LogP contribution is -2.27. The molecule has 1 aromatic carbocycles. The summed E-state index contributed by atoms with van der Waals surface area (Å²) in [6.45, 7) is 3.76. The van der Waals surface area contributed by atoms with Gasteiger partial charge in [0.1, 0.15) is 4.90 Å². The molecular weight excluding hydrogens is 380 g/mol. The number of hydrogen-bond acceptors (Lipinski definition) is 5. The number of benzene rings is 1. The predicted octanol–water partition coefficient (Wildman–Crippen LogP) is 3.39. The smallest absolute Gasteiger partial charge is 0.335 e. The van der Waals surface area contributed by atoms with E-state index in [-0.39, 0.29) is 17.0 Å². The van der Waals surface area contributed by atoms with Gasteiger partial charge in [0, 0.05) is 26.3 Å². The highest BCUT2D eigenvalue weighted by atomic mass is 32.2. The molecule has 1 aromatic rings. The number of carboxylic acids is 1. The van der Waals surface area contributed by atoms with Crippen LogP contribution in [0, 0.1) is 0 Å². The molecule has 156 valence electrons. The minimum atomic E-state index is -3.84. The largest absolute Gasteiger partial charge is 0.478 e. The van der Waals surface area contributed by atoms with Crippen molar-refractivity contribution in [3.05, 3.63) is 35.4 Å². The Bertz CT molecular complexity index is 790. The van der Waals surface area contributed by atoms with E-state index in [0.717, 1.165) is 19.3 Å². The summed E-state index contributed by atoms with van der Waals surface area (Å²) < 4.78 is 33.2. The van der Waals surface area contributed by atoms with Gasteiger partial charge in [0.15, 0.2) is 0 Å². The number of sulfonamides is 1. The van der Waals surface area contributed by atoms with Gasteiger partial charge in [0.25, 0.3) is 0 Å². The zero-order chi connectivity index (χ0) is 20.4. The normalized spacial score (nSPS) is 14.5. The fourth-order valence-corrected chi connectivity index (χ4v) is 4.40. The summed E-state index contributed by atoms with van der Waals surface area (Å²) in [4.78, 5) is 11.2. The highest BCUT2D eigenvalue weighted by Crippen LogP contribution is 2.24. The van der Waals surface area contributed by atoms with Gasteiger partial charge < -0.3 is 15.2 Å². The van der Waals surface area contributed by atoms with Crippen molar-refractivity contribution >= 4 is 21.7 Å². The van der Waals surface area contributed by atoms with E-state index in [0.29, 0.717) is 31.9 Å². The molecule has 28 heavy (non-hydrogen) atoms. The van der Waals surface area contributed by atoms with Gasteiger partial charge in [-0.05, 0) is 63.6 Å². The third-order valence-corrected chi connectivity index (χ3v) is 6.13. The van der Waals surface area contributed by atoms with Crippen LogP contribution in [0.25, 0.3) is 0 Å². The standard InChI is InChI=1S/C20H30N2O5S/c1-2-27-14-6-12-22-28(25,26)19-15-17(20(23)24)9-10-18(19)21-13-11-16-7-4-3-5-8-16/h7,9-10,15,21-22H,2-6,8,11-14H2,1H3,(H,23,24). The highest BCUT2D eigenvalue weighted by molar-refractivity contribution is 7.89. The molecule has 0 bridgehead atoms. The number of aromatic carboxylic acids is 1. The molecule has 7 nitrogen and oxygen atoms in total. The first-order valence-electron chi connectivity index (χ1n) is 9.80. The first kappa shape index (κ1) is 22.4. The summed E-state index contributed by atoms with van der Waals surface area (Å²) >= 11 is 0. The zero-order valence-electron chi connectivity index (χ0n) is 16.4. The van der Waals surface area contributed by atoms with Crippen molar-refractivity contribution in [1.29, 1.82) is 0 Å². The molecule has 0 unspecified atom stereocenters. The van der Waals surface area contributed by atoms with Crippen LogP contribution < -0.4 is 10.0 Å². The molecule has 0 radical (unpaired) electrons. The first-order chi connectivity index (χ1) is 13.4. The van der Waals surface area contributed by atoms with Gasteiger partial charge in [-0.2, -0.15) is 0 Å². The molecule has 0 heterocycles. The third kappa shape index (κ3) is 6.92. The predicted molar refractivity (Wildman–Crippen MR) is 109 cm³/mol. The van der Waals surface area contributed by atoms with Crippen molar-refractivity contribution in [3.63, 3.8) is 0 Å². The molecule has 0 spiro atoms. The Morgan fingerprint density at radius 1 is 1.25 bits per heavy atom. The lowest BCUT2D eigenvalue weighted by molar-refractivity contribution is 0.0696. The molecule has 0 fully saturated rings. The van der Waals surface area contributed by atoms with Crippen LogP contribution in [0.2, 0.25) is 0 Å². The Balaban J connectivity index is 2.08. The fraction of sp³-hybridized carbons (Fsp3) is 0.550. The summed E-state index contributed by atoms with van der Waals surface area (Å²) in [5.74, 6) is -1.16. The average Bonchev–Trinajstić information content (AvgIpc) is 2.68. The van der Waals surface area contributed by atoms with E-state index in [1.165, 1.54) is 36.6 Å². The maximum absolute atomic E-state index is 12.7. The number of nitrogens with one attached hydrogen (secondary N) is 2. The topological polar surface area (TPSA) is 105 Å². The molecule has 1 aliphatic rings. The number of carbonyl (C=O) groups is 1. The molecule has 0 amide bonds. The molecular formula is C20H30N2O5S. The van der Waals surface area contributed by atoms with Crippen LogP contribution in [0.5, 0.6) is 0 Å². The second kappa shape index (κ2) is 11.2. The van der Waals surface area contributed by atoms with Crippen LogP contribution >= 0.6 is 0 Å². The van der Waals surface area contributed by atoms with Gasteiger partial charge in [0.05, 0.1) is 11.3 Å². The Morgan fingerprint density at radius 2 is 2.07 bits per heavy atom. The van der Waals surface area contributed by atoms with Crippen molar-refractivity contribution in [2.24, 2.45) is 0 Å². The second-order valence-corrected chi connectivity index (χ2v) is 8.48. The van der Waals surface area contributed by atoms with Crippen LogP contribution in [0.4, 0.5) is 5.69 Å². The number of carboxylic acid groups (broad SMARTS) is 1. The monoisotopic (exact) mass is 410 g/mol. The third-order valence-electron chi connectivity index (χ3n) is 4.63. The second-order valence-electron chi connectivity index (χ2n) is 6.75. The molecule has 3 N–H and O–H groups in total. The quantitative estimate of drug-likeness (QED) is 0.360. The van der Waals surface area contributed by atoms with E-state index in [2.05, 4.69) is 16.1 Å². The van der Waals surface area contributed by atoms with Crippen LogP contribution in [-0.4, -0.2) is 45.8 Å². The van der Waals surface area contributed by atoms with E-state index in [1.54, 1.807) is 0 Å². The molecule has 0 aliphatic heterocycles. The van der Waals surface area contributed by atoms with Crippen molar-refractivity contribution in [2.45, 2.75) is 50.3 Å². The van der Waals surface area contributed by atoms with E-state index in [4.69, 9.17) is 4.74 Å². The summed E-state index contributed by atoms with van der Waals surface area (Å²) in [6.07, 6.45) is 8.27. The average molecular weight is 411 g/mol. The van der Waals surface area contributed by atoms with E-state index in [9.17, 15) is 18.3 Å². The van der Waals surface area contributed by atoms with Gasteiger partial charge in [-0.25, -0.2) is 17.9 Å². The van der Waals surface area contributed by atoms with Crippen LogP contribution in [0.15, 0.2) is 34.7 Å².